The summed E-state index contributed by atoms with van der Waals surface area (Å²) in [5, 5.41) is 29.5. The van der Waals surface area contributed by atoms with Crippen LogP contribution in [-0.4, -0.2) is 52.6 Å². The molecule has 1 saturated heterocycles. The Morgan fingerprint density at radius 1 is 0.846 bits per heavy atom. The van der Waals surface area contributed by atoms with Crippen molar-refractivity contribution >= 4 is 0 Å². The third kappa shape index (κ3) is 4.67. The van der Waals surface area contributed by atoms with Gasteiger partial charge in [0.25, 0.3) is 0 Å². The number of benzene rings is 2. The molecular formula is C20H24O6. The average Bonchev–Trinajstić information content (AvgIpc) is 3.01. The summed E-state index contributed by atoms with van der Waals surface area (Å²) in [5.41, 5.74) is 1.90. The Morgan fingerprint density at radius 2 is 1.35 bits per heavy atom. The van der Waals surface area contributed by atoms with Gasteiger partial charge in [-0.15, -0.1) is 0 Å². The van der Waals surface area contributed by atoms with E-state index in [-0.39, 0.29) is 13.2 Å². The fourth-order valence-electron chi connectivity index (χ4n) is 2.98. The summed E-state index contributed by atoms with van der Waals surface area (Å²) in [6.45, 7) is 0.0640. The van der Waals surface area contributed by atoms with Crippen LogP contribution >= 0.6 is 0 Å². The van der Waals surface area contributed by atoms with Crippen LogP contribution in [0, 0.1) is 0 Å². The zero-order valence-electron chi connectivity index (χ0n) is 14.3. The topological polar surface area (TPSA) is 88.4 Å². The maximum Gasteiger partial charge on any atom is 0.184 e. The maximum absolute atomic E-state index is 10.2. The highest BCUT2D eigenvalue weighted by Crippen LogP contribution is 2.29. The van der Waals surface area contributed by atoms with Gasteiger partial charge in [0.2, 0.25) is 0 Å². The molecule has 6 heteroatoms. The minimum absolute atomic E-state index is 0.277. The monoisotopic (exact) mass is 360 g/mol. The van der Waals surface area contributed by atoms with Gasteiger partial charge in [-0.1, -0.05) is 60.7 Å². The second-order valence-corrected chi connectivity index (χ2v) is 6.26. The Morgan fingerprint density at radius 3 is 1.85 bits per heavy atom. The molecule has 0 aliphatic carbocycles. The van der Waals surface area contributed by atoms with Gasteiger partial charge in [0.1, 0.15) is 24.4 Å². The minimum atomic E-state index is -1.24. The van der Waals surface area contributed by atoms with Crippen LogP contribution in [0.2, 0.25) is 0 Å². The van der Waals surface area contributed by atoms with Gasteiger partial charge < -0.3 is 29.5 Å². The van der Waals surface area contributed by atoms with E-state index in [9.17, 15) is 15.3 Å². The molecule has 140 valence electrons. The van der Waals surface area contributed by atoms with Crippen molar-refractivity contribution < 1.29 is 29.5 Å². The van der Waals surface area contributed by atoms with E-state index in [0.29, 0.717) is 0 Å². The number of aliphatic hydroxyl groups excluding tert-OH is 3. The summed E-state index contributed by atoms with van der Waals surface area (Å²) in [4.78, 5) is 0. The number of aliphatic hydroxyl groups is 3. The lowest BCUT2D eigenvalue weighted by Crippen LogP contribution is -2.43. The third-order valence-electron chi connectivity index (χ3n) is 4.36. The lowest BCUT2D eigenvalue weighted by Gasteiger charge is -2.25. The fraction of sp³-hybridized carbons (Fsp3) is 0.400. The molecule has 0 spiro atoms. The van der Waals surface area contributed by atoms with Crippen molar-refractivity contribution in [3.8, 4) is 0 Å². The Labute approximate surface area is 152 Å². The molecule has 0 radical (unpaired) electrons. The van der Waals surface area contributed by atoms with Crippen LogP contribution in [0.5, 0.6) is 0 Å². The molecule has 6 nitrogen and oxygen atoms in total. The molecule has 5 atom stereocenters. The Bertz CT molecular complexity index is 650. The molecular weight excluding hydrogens is 336 g/mol. The van der Waals surface area contributed by atoms with Crippen molar-refractivity contribution in [2.45, 2.75) is 43.9 Å². The highest BCUT2D eigenvalue weighted by molar-refractivity contribution is 5.14. The molecule has 2 aromatic rings. The van der Waals surface area contributed by atoms with Crippen LogP contribution < -0.4 is 0 Å². The molecule has 3 N–H and O–H groups in total. The summed E-state index contributed by atoms with van der Waals surface area (Å²) >= 11 is 0. The van der Waals surface area contributed by atoms with E-state index < -0.39 is 37.3 Å². The molecule has 0 bridgehead atoms. The normalized spacial score (nSPS) is 26.7. The first kappa shape index (κ1) is 19.0. The Balaban J connectivity index is 1.69. The quantitative estimate of drug-likeness (QED) is 0.656. The largest absolute Gasteiger partial charge is 0.394 e. The van der Waals surface area contributed by atoms with Gasteiger partial charge in [-0.05, 0) is 11.1 Å². The van der Waals surface area contributed by atoms with Gasteiger partial charge in [0.15, 0.2) is 6.29 Å². The number of rotatable bonds is 8. The summed E-state index contributed by atoms with van der Waals surface area (Å²) in [5.74, 6) is 0. The van der Waals surface area contributed by atoms with Gasteiger partial charge >= 0.3 is 0 Å². The fourth-order valence-corrected chi connectivity index (χ4v) is 2.98. The number of ether oxygens (including phenoxy) is 3. The molecule has 2 aromatic carbocycles. The highest BCUT2D eigenvalue weighted by atomic mass is 16.7. The SMILES string of the molecule is OCC(O)C1OC(O)C(OCc2ccccc2)C1OCc1ccccc1. The van der Waals surface area contributed by atoms with E-state index in [1.54, 1.807) is 0 Å². The maximum atomic E-state index is 10.2. The number of hydrogen-bond donors (Lipinski definition) is 3. The molecule has 3 rings (SSSR count). The van der Waals surface area contributed by atoms with Crippen molar-refractivity contribution in [2.24, 2.45) is 0 Å². The molecule has 1 fully saturated rings. The Hall–Kier alpha value is -1.80. The lowest BCUT2D eigenvalue weighted by atomic mass is 10.1. The van der Waals surface area contributed by atoms with Crippen molar-refractivity contribution in [3.05, 3.63) is 71.8 Å². The van der Waals surface area contributed by atoms with Gasteiger partial charge in [-0.25, -0.2) is 0 Å². The van der Waals surface area contributed by atoms with Gasteiger partial charge in [-0.3, -0.25) is 0 Å². The van der Waals surface area contributed by atoms with Crippen LogP contribution in [-0.2, 0) is 27.4 Å². The van der Waals surface area contributed by atoms with Gasteiger partial charge in [-0.2, -0.15) is 0 Å². The molecule has 5 unspecified atom stereocenters. The molecule has 1 aliphatic heterocycles. The molecule has 0 amide bonds. The molecule has 0 saturated carbocycles. The summed E-state index contributed by atoms with van der Waals surface area (Å²) in [6.07, 6.45) is -4.78. The predicted molar refractivity (Wildman–Crippen MR) is 94.0 cm³/mol. The molecule has 1 heterocycles. The van der Waals surface area contributed by atoms with E-state index in [1.165, 1.54) is 0 Å². The zero-order valence-corrected chi connectivity index (χ0v) is 14.3. The number of hydrogen-bond acceptors (Lipinski definition) is 6. The van der Waals surface area contributed by atoms with Crippen molar-refractivity contribution in [3.63, 3.8) is 0 Å². The second kappa shape index (κ2) is 9.23. The van der Waals surface area contributed by atoms with Crippen LogP contribution in [0.15, 0.2) is 60.7 Å². The lowest BCUT2D eigenvalue weighted by molar-refractivity contribution is -0.160. The van der Waals surface area contributed by atoms with Crippen LogP contribution in [0.3, 0.4) is 0 Å². The minimum Gasteiger partial charge on any atom is -0.394 e. The smallest absolute Gasteiger partial charge is 0.184 e. The van der Waals surface area contributed by atoms with Crippen molar-refractivity contribution in [2.75, 3.05) is 6.61 Å². The highest BCUT2D eigenvalue weighted by Gasteiger charge is 2.48. The summed E-state index contributed by atoms with van der Waals surface area (Å²) in [7, 11) is 0. The van der Waals surface area contributed by atoms with Crippen molar-refractivity contribution in [1.29, 1.82) is 0 Å². The predicted octanol–water partition coefficient (Wildman–Crippen LogP) is 1.23. The van der Waals surface area contributed by atoms with Crippen molar-refractivity contribution in [1.82, 2.24) is 0 Å². The first-order valence-corrected chi connectivity index (χ1v) is 8.62. The van der Waals surface area contributed by atoms with E-state index in [1.807, 2.05) is 60.7 Å². The van der Waals surface area contributed by atoms with Gasteiger partial charge in [0, 0.05) is 0 Å². The second-order valence-electron chi connectivity index (χ2n) is 6.26. The molecule has 1 aliphatic rings. The molecule has 26 heavy (non-hydrogen) atoms. The first-order valence-electron chi connectivity index (χ1n) is 8.62. The summed E-state index contributed by atoms with van der Waals surface area (Å²) < 4.78 is 17.2. The van der Waals surface area contributed by atoms with E-state index in [0.717, 1.165) is 11.1 Å². The zero-order chi connectivity index (χ0) is 18.4. The Kier molecular flexibility index (Phi) is 6.73. The van der Waals surface area contributed by atoms with Gasteiger partial charge in [0.05, 0.1) is 19.8 Å². The van der Waals surface area contributed by atoms with Crippen LogP contribution in [0.25, 0.3) is 0 Å². The summed E-state index contributed by atoms with van der Waals surface area (Å²) in [6, 6.07) is 19.1. The van der Waals surface area contributed by atoms with Crippen LogP contribution in [0.4, 0.5) is 0 Å². The standard InChI is InChI=1S/C20H24O6/c21-11-16(22)17-18(24-12-14-7-3-1-4-8-14)19(20(23)26-17)25-13-15-9-5-2-6-10-15/h1-10,16-23H,11-13H2. The molecule has 0 aromatic heterocycles. The van der Waals surface area contributed by atoms with E-state index in [2.05, 4.69) is 0 Å². The average molecular weight is 360 g/mol. The van der Waals surface area contributed by atoms with E-state index >= 15 is 0 Å². The van der Waals surface area contributed by atoms with Crippen LogP contribution in [0.1, 0.15) is 11.1 Å². The first-order chi connectivity index (χ1) is 12.7. The van der Waals surface area contributed by atoms with E-state index in [4.69, 9.17) is 14.2 Å². The third-order valence-corrected chi connectivity index (χ3v) is 4.36.